The van der Waals surface area contributed by atoms with Crippen molar-refractivity contribution in [1.29, 1.82) is 0 Å². The number of para-hydroxylation sites is 1. The third-order valence-corrected chi connectivity index (χ3v) is 5.14. The summed E-state index contributed by atoms with van der Waals surface area (Å²) in [5.74, 6) is 0.129. The molecule has 0 spiro atoms. The standard InChI is InChI=1S/C16H15BrN2OS/c1-19(9-13-7-12(17)10-21-13)16(20)6-11-8-18-15-5-3-2-4-14(11)15/h2-5,7-8,10,18H,6,9H2,1H3. The molecule has 0 aliphatic heterocycles. The molecule has 3 rings (SSSR count). The molecule has 3 aromatic rings. The largest absolute Gasteiger partial charge is 0.361 e. The Morgan fingerprint density at radius 3 is 2.95 bits per heavy atom. The van der Waals surface area contributed by atoms with Crippen molar-refractivity contribution >= 4 is 44.1 Å². The molecule has 0 unspecified atom stereocenters. The second-order valence-corrected chi connectivity index (χ2v) is 6.93. The van der Waals surface area contributed by atoms with Crippen LogP contribution in [0.1, 0.15) is 10.4 Å². The smallest absolute Gasteiger partial charge is 0.227 e. The molecule has 2 aromatic heterocycles. The number of hydrogen-bond donors (Lipinski definition) is 1. The van der Waals surface area contributed by atoms with Gasteiger partial charge in [0.15, 0.2) is 0 Å². The van der Waals surface area contributed by atoms with Gasteiger partial charge < -0.3 is 9.88 Å². The fraction of sp³-hybridized carbons (Fsp3) is 0.188. The normalized spacial score (nSPS) is 11.0. The second-order valence-electron chi connectivity index (χ2n) is 5.02. The summed E-state index contributed by atoms with van der Waals surface area (Å²) in [7, 11) is 1.85. The molecule has 0 bridgehead atoms. The first-order valence-electron chi connectivity index (χ1n) is 6.65. The first-order valence-corrected chi connectivity index (χ1v) is 8.32. The summed E-state index contributed by atoms with van der Waals surface area (Å²) >= 11 is 5.10. The lowest BCUT2D eigenvalue weighted by Crippen LogP contribution is -2.27. The number of carbonyl (C=O) groups excluding carboxylic acids is 1. The number of halogens is 1. The van der Waals surface area contributed by atoms with Crippen LogP contribution in [0.2, 0.25) is 0 Å². The van der Waals surface area contributed by atoms with Gasteiger partial charge in [0.1, 0.15) is 0 Å². The molecule has 1 N–H and O–H groups in total. The summed E-state index contributed by atoms with van der Waals surface area (Å²) in [4.78, 5) is 18.5. The predicted molar refractivity (Wildman–Crippen MR) is 90.5 cm³/mol. The van der Waals surface area contributed by atoms with Gasteiger partial charge in [-0.2, -0.15) is 0 Å². The number of fused-ring (bicyclic) bond motifs is 1. The highest BCUT2D eigenvalue weighted by molar-refractivity contribution is 9.10. The van der Waals surface area contributed by atoms with Crippen molar-refractivity contribution in [2.75, 3.05) is 7.05 Å². The summed E-state index contributed by atoms with van der Waals surface area (Å²) in [6, 6.07) is 10.1. The fourth-order valence-corrected chi connectivity index (χ4v) is 3.84. The minimum Gasteiger partial charge on any atom is -0.361 e. The lowest BCUT2D eigenvalue weighted by atomic mass is 10.1. The number of H-pyrrole nitrogens is 1. The van der Waals surface area contributed by atoms with Gasteiger partial charge in [-0.25, -0.2) is 0 Å². The minimum absolute atomic E-state index is 0.129. The van der Waals surface area contributed by atoms with Crippen molar-refractivity contribution in [3.8, 4) is 0 Å². The fourth-order valence-electron chi connectivity index (χ4n) is 2.33. The molecule has 3 nitrogen and oxygen atoms in total. The second kappa shape index (κ2) is 6.03. The summed E-state index contributed by atoms with van der Waals surface area (Å²) in [6.45, 7) is 0.650. The van der Waals surface area contributed by atoms with Crippen LogP contribution >= 0.6 is 27.3 Å². The van der Waals surface area contributed by atoms with E-state index in [4.69, 9.17) is 0 Å². The van der Waals surface area contributed by atoms with Crippen LogP contribution in [0.3, 0.4) is 0 Å². The molecule has 1 amide bonds. The first-order chi connectivity index (χ1) is 10.1. The Morgan fingerprint density at radius 1 is 1.38 bits per heavy atom. The Labute approximate surface area is 135 Å². The van der Waals surface area contributed by atoms with Crippen molar-refractivity contribution in [2.24, 2.45) is 0 Å². The van der Waals surface area contributed by atoms with Crippen molar-refractivity contribution < 1.29 is 4.79 Å². The molecule has 21 heavy (non-hydrogen) atoms. The van der Waals surface area contributed by atoms with Gasteiger partial charge in [0.05, 0.1) is 13.0 Å². The zero-order valence-corrected chi connectivity index (χ0v) is 14.0. The van der Waals surface area contributed by atoms with Crippen LogP contribution in [0.25, 0.3) is 10.9 Å². The molecule has 0 aliphatic carbocycles. The molecule has 0 saturated heterocycles. The van der Waals surface area contributed by atoms with Gasteiger partial charge in [-0.3, -0.25) is 4.79 Å². The molecular formula is C16H15BrN2OS. The molecule has 2 heterocycles. The van der Waals surface area contributed by atoms with Gasteiger partial charge >= 0.3 is 0 Å². The van der Waals surface area contributed by atoms with E-state index in [0.717, 1.165) is 20.9 Å². The number of amides is 1. The number of nitrogens with zero attached hydrogens (tertiary/aromatic N) is 1. The van der Waals surface area contributed by atoms with E-state index in [-0.39, 0.29) is 5.91 Å². The van der Waals surface area contributed by atoms with Crippen LogP contribution in [-0.4, -0.2) is 22.8 Å². The molecule has 0 aliphatic rings. The maximum atomic E-state index is 12.4. The zero-order valence-electron chi connectivity index (χ0n) is 11.6. The number of thiophene rings is 1. The van der Waals surface area contributed by atoms with Crippen LogP contribution in [0, 0.1) is 0 Å². The summed E-state index contributed by atoms with van der Waals surface area (Å²) in [5, 5.41) is 3.16. The Hall–Kier alpha value is -1.59. The number of benzene rings is 1. The van der Waals surface area contributed by atoms with Crippen molar-refractivity contribution in [3.05, 3.63) is 56.8 Å². The van der Waals surface area contributed by atoms with E-state index in [1.54, 1.807) is 16.2 Å². The molecule has 5 heteroatoms. The topological polar surface area (TPSA) is 36.1 Å². The highest BCUT2D eigenvalue weighted by atomic mass is 79.9. The molecule has 0 atom stereocenters. The Balaban J connectivity index is 1.70. The molecular weight excluding hydrogens is 348 g/mol. The molecule has 1 aromatic carbocycles. The van der Waals surface area contributed by atoms with E-state index in [2.05, 4.69) is 27.0 Å². The van der Waals surface area contributed by atoms with Gasteiger partial charge in [0.2, 0.25) is 5.91 Å². The van der Waals surface area contributed by atoms with E-state index in [0.29, 0.717) is 13.0 Å². The quantitative estimate of drug-likeness (QED) is 0.741. The molecule has 108 valence electrons. The van der Waals surface area contributed by atoms with Crippen molar-refractivity contribution in [1.82, 2.24) is 9.88 Å². The number of hydrogen-bond acceptors (Lipinski definition) is 2. The number of aromatic nitrogens is 1. The Morgan fingerprint density at radius 2 is 2.19 bits per heavy atom. The Kier molecular flexibility index (Phi) is 4.12. The highest BCUT2D eigenvalue weighted by Gasteiger charge is 2.13. The number of nitrogens with one attached hydrogen (secondary N) is 1. The minimum atomic E-state index is 0.129. The van der Waals surface area contributed by atoms with Crippen molar-refractivity contribution in [3.63, 3.8) is 0 Å². The van der Waals surface area contributed by atoms with Gasteiger partial charge in [0, 0.05) is 38.9 Å². The van der Waals surface area contributed by atoms with Crippen LogP contribution in [-0.2, 0) is 17.8 Å². The van der Waals surface area contributed by atoms with E-state index >= 15 is 0 Å². The predicted octanol–water partition coefficient (Wildman–Crippen LogP) is 4.19. The summed E-state index contributed by atoms with van der Waals surface area (Å²) < 4.78 is 1.07. The first kappa shape index (κ1) is 14.4. The lowest BCUT2D eigenvalue weighted by Gasteiger charge is -2.16. The van der Waals surface area contributed by atoms with Gasteiger partial charge in [-0.1, -0.05) is 18.2 Å². The SMILES string of the molecule is CN(Cc1cc(Br)cs1)C(=O)Cc1c[nH]c2ccccc12. The molecule has 0 radical (unpaired) electrons. The molecule has 0 fully saturated rings. The van der Waals surface area contributed by atoms with E-state index < -0.39 is 0 Å². The average Bonchev–Trinajstić information content (AvgIpc) is 3.06. The summed E-state index contributed by atoms with van der Waals surface area (Å²) in [6.07, 6.45) is 2.35. The zero-order chi connectivity index (χ0) is 14.8. The number of likely N-dealkylation sites (N-methyl/N-ethyl adjacent to an activating group) is 1. The monoisotopic (exact) mass is 362 g/mol. The van der Waals surface area contributed by atoms with Gasteiger partial charge in [-0.05, 0) is 33.6 Å². The third-order valence-electron chi connectivity index (χ3n) is 3.46. The van der Waals surface area contributed by atoms with Crippen molar-refractivity contribution in [2.45, 2.75) is 13.0 Å². The third kappa shape index (κ3) is 3.19. The Bertz CT molecular complexity index is 777. The maximum Gasteiger partial charge on any atom is 0.227 e. The van der Waals surface area contributed by atoms with E-state index in [1.807, 2.05) is 42.9 Å². The van der Waals surface area contributed by atoms with Gasteiger partial charge in [-0.15, -0.1) is 11.3 Å². The lowest BCUT2D eigenvalue weighted by molar-refractivity contribution is -0.129. The van der Waals surface area contributed by atoms with Crippen LogP contribution in [0.4, 0.5) is 0 Å². The number of aromatic amines is 1. The average molecular weight is 363 g/mol. The number of carbonyl (C=O) groups is 1. The van der Waals surface area contributed by atoms with Crippen LogP contribution < -0.4 is 0 Å². The maximum absolute atomic E-state index is 12.4. The molecule has 0 saturated carbocycles. The summed E-state index contributed by atoms with van der Waals surface area (Å²) in [5.41, 5.74) is 2.12. The van der Waals surface area contributed by atoms with E-state index in [1.165, 1.54) is 4.88 Å². The number of rotatable bonds is 4. The van der Waals surface area contributed by atoms with Gasteiger partial charge in [0.25, 0.3) is 0 Å². The van der Waals surface area contributed by atoms with E-state index in [9.17, 15) is 4.79 Å². The van der Waals surface area contributed by atoms with Crippen LogP contribution in [0.15, 0.2) is 46.4 Å². The van der Waals surface area contributed by atoms with Crippen LogP contribution in [0.5, 0.6) is 0 Å². The highest BCUT2D eigenvalue weighted by Crippen LogP contribution is 2.22.